The lowest BCUT2D eigenvalue weighted by atomic mass is 10.0. The van der Waals surface area contributed by atoms with Crippen LogP contribution >= 0.6 is 0 Å². The van der Waals surface area contributed by atoms with Gasteiger partial charge in [0.05, 0.1) is 0 Å². The molecule has 158 valence electrons. The van der Waals surface area contributed by atoms with E-state index in [1.807, 2.05) is 0 Å². The fourth-order valence-electron chi connectivity index (χ4n) is 4.23. The van der Waals surface area contributed by atoms with Crippen LogP contribution < -0.4 is 0 Å². The largest absolute Gasteiger partial charge is 0.0845 e. The Morgan fingerprint density at radius 1 is 0.222 bits per heavy atom. The number of hydrogen-bond donors (Lipinski definition) is 0. The summed E-state index contributed by atoms with van der Waals surface area (Å²) in [7, 11) is 0. The van der Waals surface area contributed by atoms with Crippen LogP contribution in [-0.2, 0) is 0 Å². The molecule has 0 heteroatoms. The van der Waals surface area contributed by atoms with E-state index in [9.17, 15) is 0 Å². The zero-order valence-corrected chi connectivity index (χ0v) is 18.6. The quantitative estimate of drug-likeness (QED) is 0.395. The molecule has 0 atom stereocenters. The summed E-state index contributed by atoms with van der Waals surface area (Å²) in [5, 5.41) is 0. The van der Waals surface area contributed by atoms with Gasteiger partial charge in [0, 0.05) is 0 Å². The first-order valence-corrected chi connectivity index (χ1v) is 12.8. The fourth-order valence-corrected chi connectivity index (χ4v) is 4.23. The molecule has 0 aromatic heterocycles. The molecule has 27 heavy (non-hydrogen) atoms. The molecule has 0 amide bonds. The summed E-state index contributed by atoms with van der Waals surface area (Å²) in [6.07, 6.45) is 42.5. The molecule has 0 saturated heterocycles. The average Bonchev–Trinajstić information content (AvgIpc) is 2.68. The topological polar surface area (TPSA) is 0 Å². The Balaban J connectivity index is 2.08. The molecule has 1 aliphatic carbocycles. The number of hydrogen-bond acceptors (Lipinski definition) is 0. The van der Waals surface area contributed by atoms with Crippen LogP contribution in [0.15, 0.2) is 24.3 Å². The second kappa shape index (κ2) is 21.8. The molecule has 0 unspecified atom stereocenters. The normalized spacial score (nSPS) is 24.0. The Labute approximate surface area is 172 Å². The summed E-state index contributed by atoms with van der Waals surface area (Å²) < 4.78 is 0. The summed E-state index contributed by atoms with van der Waals surface area (Å²) in [6.45, 7) is 0. The van der Waals surface area contributed by atoms with Crippen molar-refractivity contribution in [3.63, 3.8) is 0 Å². The van der Waals surface area contributed by atoms with E-state index in [2.05, 4.69) is 24.3 Å². The molecule has 0 fully saturated rings. The van der Waals surface area contributed by atoms with Crippen LogP contribution in [0.5, 0.6) is 0 Å². The Morgan fingerprint density at radius 3 is 0.630 bits per heavy atom. The van der Waals surface area contributed by atoms with Gasteiger partial charge in [0.1, 0.15) is 0 Å². The highest BCUT2D eigenvalue weighted by Crippen LogP contribution is 2.15. The minimum absolute atomic E-state index is 1.27. The first-order valence-electron chi connectivity index (χ1n) is 12.8. The lowest BCUT2D eigenvalue weighted by Crippen LogP contribution is -1.84. The van der Waals surface area contributed by atoms with Gasteiger partial charge in [0.25, 0.3) is 0 Å². The molecule has 0 radical (unpaired) electrons. The average molecular weight is 375 g/mol. The lowest BCUT2D eigenvalue weighted by Gasteiger charge is -2.04. The standard InChI is InChI=1S/C27H50/c1-2-4-6-8-10-12-14-16-18-20-22-24-26-27-25-23-21-19-17-15-13-11-9-7-5-3-1/h1-4H,5-27H2/b3-1+,4-2?. The molecule has 0 saturated carbocycles. The lowest BCUT2D eigenvalue weighted by molar-refractivity contribution is 0.520. The summed E-state index contributed by atoms with van der Waals surface area (Å²) in [5.41, 5.74) is 0. The van der Waals surface area contributed by atoms with Crippen molar-refractivity contribution in [3.05, 3.63) is 24.3 Å². The molecule has 0 bridgehead atoms. The van der Waals surface area contributed by atoms with Crippen LogP contribution in [0.4, 0.5) is 0 Å². The second-order valence-corrected chi connectivity index (χ2v) is 8.86. The Morgan fingerprint density at radius 2 is 0.407 bits per heavy atom. The zero-order valence-electron chi connectivity index (χ0n) is 18.6. The van der Waals surface area contributed by atoms with Crippen LogP contribution in [0.2, 0.25) is 0 Å². The van der Waals surface area contributed by atoms with Crippen molar-refractivity contribution >= 4 is 0 Å². The predicted molar refractivity (Wildman–Crippen MR) is 124 cm³/mol. The van der Waals surface area contributed by atoms with Gasteiger partial charge in [-0.1, -0.05) is 146 Å². The van der Waals surface area contributed by atoms with Crippen molar-refractivity contribution in [2.24, 2.45) is 0 Å². The molecule has 0 nitrogen and oxygen atoms in total. The van der Waals surface area contributed by atoms with Gasteiger partial charge in [-0.05, 0) is 25.7 Å². The van der Waals surface area contributed by atoms with Gasteiger partial charge in [-0.25, -0.2) is 0 Å². The molecular formula is C27H50. The summed E-state index contributed by atoms with van der Waals surface area (Å²) in [4.78, 5) is 0. The Kier molecular flexibility index (Phi) is 19.8. The predicted octanol–water partition coefficient (Wildman–Crippen LogP) is 10.1. The molecule has 1 rings (SSSR count). The van der Waals surface area contributed by atoms with Crippen molar-refractivity contribution < 1.29 is 0 Å². The number of allylic oxidation sites excluding steroid dienone is 4. The van der Waals surface area contributed by atoms with Crippen LogP contribution in [0, 0.1) is 0 Å². The highest BCUT2D eigenvalue weighted by atomic mass is 14.0. The highest BCUT2D eigenvalue weighted by molar-refractivity contribution is 5.02. The van der Waals surface area contributed by atoms with Gasteiger partial charge in [-0.15, -0.1) is 0 Å². The maximum atomic E-state index is 2.36. The van der Waals surface area contributed by atoms with Crippen LogP contribution in [0.25, 0.3) is 0 Å². The number of rotatable bonds is 0. The molecule has 0 aliphatic heterocycles. The van der Waals surface area contributed by atoms with Gasteiger partial charge in [0.15, 0.2) is 0 Å². The van der Waals surface area contributed by atoms with Gasteiger partial charge in [-0.2, -0.15) is 0 Å². The van der Waals surface area contributed by atoms with E-state index in [0.717, 1.165) is 0 Å². The van der Waals surface area contributed by atoms with E-state index in [4.69, 9.17) is 0 Å². The summed E-state index contributed by atoms with van der Waals surface area (Å²) in [6, 6.07) is 0. The summed E-state index contributed by atoms with van der Waals surface area (Å²) >= 11 is 0. The van der Waals surface area contributed by atoms with Gasteiger partial charge >= 0.3 is 0 Å². The van der Waals surface area contributed by atoms with Crippen LogP contribution in [-0.4, -0.2) is 0 Å². The van der Waals surface area contributed by atoms with Gasteiger partial charge in [0.2, 0.25) is 0 Å². The smallest absolute Gasteiger partial charge is 0.0348 e. The van der Waals surface area contributed by atoms with Crippen molar-refractivity contribution in [3.8, 4) is 0 Å². The third kappa shape index (κ3) is 20.0. The van der Waals surface area contributed by atoms with E-state index < -0.39 is 0 Å². The van der Waals surface area contributed by atoms with Crippen molar-refractivity contribution in [2.45, 2.75) is 148 Å². The zero-order chi connectivity index (χ0) is 19.1. The molecule has 0 aromatic rings. The van der Waals surface area contributed by atoms with Gasteiger partial charge < -0.3 is 0 Å². The molecule has 0 aromatic carbocycles. The van der Waals surface area contributed by atoms with Crippen LogP contribution in [0.3, 0.4) is 0 Å². The maximum absolute atomic E-state index is 2.36. The monoisotopic (exact) mass is 374 g/mol. The minimum Gasteiger partial charge on any atom is -0.0845 e. The first-order chi connectivity index (χ1) is 13.5. The third-order valence-corrected chi connectivity index (χ3v) is 6.12. The third-order valence-electron chi connectivity index (χ3n) is 6.12. The van der Waals surface area contributed by atoms with E-state index in [0.29, 0.717) is 0 Å². The van der Waals surface area contributed by atoms with E-state index >= 15 is 0 Å². The molecule has 0 N–H and O–H groups in total. The molecular weight excluding hydrogens is 324 g/mol. The van der Waals surface area contributed by atoms with Crippen LogP contribution in [0.1, 0.15) is 148 Å². The SMILES string of the molecule is C1=CCCCCCCCCCCCCCCCCCCCCCCC/C=C/1. The Hall–Kier alpha value is -0.520. The fraction of sp³-hybridized carbons (Fsp3) is 0.852. The van der Waals surface area contributed by atoms with Crippen molar-refractivity contribution in [1.82, 2.24) is 0 Å². The van der Waals surface area contributed by atoms with E-state index in [-0.39, 0.29) is 0 Å². The highest BCUT2D eigenvalue weighted by Gasteiger charge is 1.95. The van der Waals surface area contributed by atoms with Crippen molar-refractivity contribution in [2.75, 3.05) is 0 Å². The first kappa shape index (κ1) is 24.5. The second-order valence-electron chi connectivity index (χ2n) is 8.86. The van der Waals surface area contributed by atoms with Gasteiger partial charge in [-0.3, -0.25) is 0 Å². The molecule has 1 aliphatic rings. The summed E-state index contributed by atoms with van der Waals surface area (Å²) in [5.74, 6) is 0. The minimum atomic E-state index is 1.27. The maximum Gasteiger partial charge on any atom is -0.0348 e. The van der Waals surface area contributed by atoms with E-state index in [1.165, 1.54) is 148 Å². The van der Waals surface area contributed by atoms with Crippen molar-refractivity contribution in [1.29, 1.82) is 0 Å². The Bertz CT molecular complexity index is 293. The molecule has 0 heterocycles. The van der Waals surface area contributed by atoms with E-state index in [1.54, 1.807) is 0 Å². The molecule has 0 spiro atoms.